The molecular weight excluding hydrogens is 237 g/mol. The van der Waals surface area contributed by atoms with Gasteiger partial charge in [0.1, 0.15) is 5.82 Å². The summed E-state index contributed by atoms with van der Waals surface area (Å²) in [5, 5.41) is 0. The van der Waals surface area contributed by atoms with Gasteiger partial charge in [-0.2, -0.15) is 0 Å². The molecule has 0 spiro atoms. The molecule has 0 saturated heterocycles. The van der Waals surface area contributed by atoms with E-state index in [2.05, 4.69) is 0 Å². The van der Waals surface area contributed by atoms with Gasteiger partial charge in [0.2, 0.25) is 0 Å². The molecule has 1 aromatic rings. The van der Waals surface area contributed by atoms with Crippen LogP contribution in [0.5, 0.6) is 0 Å². The summed E-state index contributed by atoms with van der Waals surface area (Å²) >= 11 is 0. The summed E-state index contributed by atoms with van der Waals surface area (Å²) in [6.45, 7) is 0. The first-order valence-electron chi connectivity index (χ1n) is 7.52. The van der Waals surface area contributed by atoms with Crippen molar-refractivity contribution >= 4 is 6.21 Å². The average Bonchev–Trinajstić information content (AvgIpc) is 2.36. The monoisotopic (exact) mass is 257 g/mol. The van der Waals surface area contributed by atoms with E-state index in [0.717, 1.165) is 23.3 Å². The van der Waals surface area contributed by atoms with Crippen LogP contribution in [0.1, 0.15) is 44.1 Å². The number of rotatable bonds is 2. The summed E-state index contributed by atoms with van der Waals surface area (Å²) in [7, 11) is 0. The van der Waals surface area contributed by atoms with Crippen LogP contribution in [0.4, 0.5) is 4.39 Å². The molecule has 0 N–H and O–H groups in total. The van der Waals surface area contributed by atoms with Crippen LogP contribution in [0.25, 0.3) is 0 Å². The predicted molar refractivity (Wildman–Crippen MR) is 74.9 cm³/mol. The van der Waals surface area contributed by atoms with E-state index in [1.165, 1.54) is 50.7 Å². The molecule has 0 amide bonds. The lowest BCUT2D eigenvalue weighted by Crippen LogP contribution is -2.49. The Balaban J connectivity index is 1.57. The lowest BCUT2D eigenvalue weighted by molar-refractivity contribution is 0.00195. The normalized spacial score (nSPS) is 40.2. The first-order valence-corrected chi connectivity index (χ1v) is 7.52. The fourth-order valence-corrected chi connectivity index (χ4v) is 4.98. The van der Waals surface area contributed by atoms with Crippen molar-refractivity contribution in [1.82, 2.24) is 0 Å². The minimum Gasteiger partial charge on any atom is -0.286 e. The standard InChI is InChI=1S/C17H20FN/c18-16-3-1-12(2-4-16)11-19-17-8-13-5-14(9-17)7-15(6-13)10-17/h1-4,11,13-15H,5-10H2. The summed E-state index contributed by atoms with van der Waals surface area (Å²) in [5.74, 6) is 2.61. The second-order valence-corrected chi connectivity index (χ2v) is 6.95. The molecule has 0 unspecified atom stereocenters. The molecule has 1 nitrogen and oxygen atoms in total. The van der Waals surface area contributed by atoms with Crippen molar-refractivity contribution in [3.8, 4) is 0 Å². The largest absolute Gasteiger partial charge is 0.286 e. The highest BCUT2D eigenvalue weighted by molar-refractivity contribution is 5.79. The van der Waals surface area contributed by atoms with Crippen molar-refractivity contribution in [2.24, 2.45) is 22.7 Å². The molecular formula is C17H20FN. The second kappa shape index (κ2) is 4.16. The third kappa shape index (κ3) is 2.11. The van der Waals surface area contributed by atoms with Crippen LogP contribution < -0.4 is 0 Å². The van der Waals surface area contributed by atoms with E-state index in [4.69, 9.17) is 4.99 Å². The molecule has 4 fully saturated rings. The van der Waals surface area contributed by atoms with Crippen molar-refractivity contribution in [1.29, 1.82) is 0 Å². The Hall–Kier alpha value is -1.18. The summed E-state index contributed by atoms with van der Waals surface area (Å²) in [5.41, 5.74) is 1.25. The van der Waals surface area contributed by atoms with Gasteiger partial charge in [-0.05, 0) is 74.0 Å². The van der Waals surface area contributed by atoms with Gasteiger partial charge in [-0.1, -0.05) is 12.1 Å². The van der Waals surface area contributed by atoms with Gasteiger partial charge in [0.25, 0.3) is 0 Å². The van der Waals surface area contributed by atoms with Gasteiger partial charge in [0.15, 0.2) is 0 Å². The van der Waals surface area contributed by atoms with Gasteiger partial charge in [-0.15, -0.1) is 0 Å². The minimum atomic E-state index is -0.174. The summed E-state index contributed by atoms with van der Waals surface area (Å²) < 4.78 is 12.9. The van der Waals surface area contributed by atoms with Gasteiger partial charge < -0.3 is 0 Å². The molecule has 4 aliphatic carbocycles. The molecule has 4 saturated carbocycles. The smallest absolute Gasteiger partial charge is 0.123 e. The summed E-state index contributed by atoms with van der Waals surface area (Å²) in [4.78, 5) is 4.97. The Kier molecular flexibility index (Phi) is 2.54. The Morgan fingerprint density at radius 3 is 2.00 bits per heavy atom. The number of halogens is 1. The zero-order valence-electron chi connectivity index (χ0n) is 11.2. The molecule has 19 heavy (non-hydrogen) atoms. The molecule has 2 heteroatoms. The molecule has 0 atom stereocenters. The van der Waals surface area contributed by atoms with Crippen molar-refractivity contribution < 1.29 is 4.39 Å². The maximum atomic E-state index is 12.9. The molecule has 1 aromatic carbocycles. The first-order chi connectivity index (χ1) is 9.21. The van der Waals surface area contributed by atoms with Crippen molar-refractivity contribution in [3.63, 3.8) is 0 Å². The fourth-order valence-electron chi connectivity index (χ4n) is 4.98. The van der Waals surface area contributed by atoms with Gasteiger partial charge in [0, 0.05) is 6.21 Å². The average molecular weight is 257 g/mol. The van der Waals surface area contributed by atoms with Crippen LogP contribution in [-0.4, -0.2) is 11.8 Å². The highest BCUT2D eigenvalue weighted by Gasteiger charge is 2.50. The minimum absolute atomic E-state index is 0.174. The van der Waals surface area contributed by atoms with E-state index in [9.17, 15) is 4.39 Å². The quantitative estimate of drug-likeness (QED) is 0.704. The molecule has 0 radical (unpaired) electrons. The highest BCUT2D eigenvalue weighted by atomic mass is 19.1. The number of nitrogens with zero attached hydrogens (tertiary/aromatic N) is 1. The lowest BCUT2D eigenvalue weighted by atomic mass is 9.53. The van der Waals surface area contributed by atoms with E-state index in [0.29, 0.717) is 0 Å². The fraction of sp³-hybridized carbons (Fsp3) is 0.588. The Morgan fingerprint density at radius 1 is 0.947 bits per heavy atom. The first kappa shape index (κ1) is 11.6. The maximum Gasteiger partial charge on any atom is 0.123 e. The van der Waals surface area contributed by atoms with E-state index in [1.54, 1.807) is 0 Å². The molecule has 5 rings (SSSR count). The topological polar surface area (TPSA) is 12.4 Å². The van der Waals surface area contributed by atoms with Gasteiger partial charge >= 0.3 is 0 Å². The Bertz CT molecular complexity index is 467. The Labute approximate surface area is 113 Å². The molecule has 0 heterocycles. The van der Waals surface area contributed by atoms with Crippen LogP contribution in [-0.2, 0) is 0 Å². The number of hydrogen-bond acceptors (Lipinski definition) is 1. The van der Waals surface area contributed by atoms with Crippen LogP contribution in [0.2, 0.25) is 0 Å². The van der Waals surface area contributed by atoms with Crippen molar-refractivity contribution in [3.05, 3.63) is 35.6 Å². The molecule has 0 aliphatic heterocycles. The van der Waals surface area contributed by atoms with Crippen LogP contribution >= 0.6 is 0 Å². The third-order valence-corrected chi connectivity index (χ3v) is 5.36. The molecule has 4 aliphatic rings. The zero-order chi connectivity index (χ0) is 12.9. The summed E-state index contributed by atoms with van der Waals surface area (Å²) in [6.07, 6.45) is 10.2. The Morgan fingerprint density at radius 2 is 1.47 bits per heavy atom. The highest BCUT2D eigenvalue weighted by Crippen LogP contribution is 2.57. The number of hydrogen-bond donors (Lipinski definition) is 0. The van der Waals surface area contributed by atoms with Crippen molar-refractivity contribution in [2.75, 3.05) is 0 Å². The van der Waals surface area contributed by atoms with Gasteiger partial charge in [-0.25, -0.2) is 4.39 Å². The maximum absolute atomic E-state index is 12.9. The zero-order valence-corrected chi connectivity index (χ0v) is 11.2. The van der Waals surface area contributed by atoms with E-state index >= 15 is 0 Å². The number of benzene rings is 1. The third-order valence-electron chi connectivity index (χ3n) is 5.36. The number of aliphatic imine (C=N–C) groups is 1. The lowest BCUT2D eigenvalue weighted by Gasteiger charge is -2.54. The summed E-state index contributed by atoms with van der Waals surface area (Å²) in [6, 6.07) is 6.67. The van der Waals surface area contributed by atoms with E-state index in [1.807, 2.05) is 18.3 Å². The van der Waals surface area contributed by atoms with Crippen LogP contribution in [0.15, 0.2) is 29.3 Å². The van der Waals surface area contributed by atoms with E-state index < -0.39 is 0 Å². The van der Waals surface area contributed by atoms with E-state index in [-0.39, 0.29) is 11.4 Å². The molecule has 0 aromatic heterocycles. The van der Waals surface area contributed by atoms with Gasteiger partial charge in [0.05, 0.1) is 5.54 Å². The SMILES string of the molecule is Fc1ccc(C=NC23CC4CC(CC(C4)C2)C3)cc1. The van der Waals surface area contributed by atoms with Crippen molar-refractivity contribution in [2.45, 2.75) is 44.1 Å². The molecule has 4 bridgehead atoms. The second-order valence-electron chi connectivity index (χ2n) is 6.95. The van der Waals surface area contributed by atoms with Crippen LogP contribution in [0, 0.1) is 23.6 Å². The predicted octanol–water partition coefficient (Wildman–Crippen LogP) is 4.21. The van der Waals surface area contributed by atoms with Gasteiger partial charge in [-0.3, -0.25) is 4.99 Å². The van der Waals surface area contributed by atoms with Crippen LogP contribution in [0.3, 0.4) is 0 Å². The molecule has 100 valence electrons.